The largest absolute Gasteiger partial charge is 0.351 e. The number of carbonyl (C=O) groups excluding carboxylic acids is 1. The molecule has 5 nitrogen and oxygen atoms in total. The monoisotopic (exact) mass is 466 g/mol. The van der Waals surface area contributed by atoms with Crippen LogP contribution < -0.4 is 10.6 Å². The summed E-state index contributed by atoms with van der Waals surface area (Å²) in [6.07, 6.45) is -0.343. The molecule has 6 heteroatoms. The van der Waals surface area contributed by atoms with E-state index in [-0.39, 0.29) is 12.1 Å². The lowest BCUT2D eigenvalue weighted by Gasteiger charge is -2.45. The Bertz CT molecular complexity index is 795. The van der Waals surface area contributed by atoms with Crippen LogP contribution in [-0.2, 0) is 9.47 Å². The summed E-state index contributed by atoms with van der Waals surface area (Å²) in [5, 5.41) is 0. The smallest absolute Gasteiger partial charge is 0.319 e. The second kappa shape index (κ2) is 7.54. The third-order valence-corrected chi connectivity index (χ3v) is 5.29. The van der Waals surface area contributed by atoms with Gasteiger partial charge in [-0.2, -0.15) is 0 Å². The second-order valence-corrected chi connectivity index (χ2v) is 8.05. The van der Waals surface area contributed by atoms with Crippen molar-refractivity contribution in [1.82, 2.24) is 0 Å². The number of benzene rings is 2. The van der Waals surface area contributed by atoms with Crippen LogP contribution in [0.4, 0.5) is 10.5 Å². The van der Waals surface area contributed by atoms with Crippen molar-refractivity contribution in [2.45, 2.75) is 38.7 Å². The van der Waals surface area contributed by atoms with Crippen molar-refractivity contribution in [3.63, 3.8) is 0 Å². The topological polar surface area (TPSA) is 64.8 Å². The number of carbonyl (C=O) groups is 1. The van der Waals surface area contributed by atoms with Gasteiger partial charge in [-0.15, -0.1) is 0 Å². The second-order valence-electron chi connectivity index (χ2n) is 6.89. The number of hydrogen-bond donors (Lipinski definition) is 1. The van der Waals surface area contributed by atoms with Crippen LogP contribution in [0.5, 0.6) is 0 Å². The number of amides is 2. The number of urea groups is 1. The molecule has 0 unspecified atom stereocenters. The van der Waals surface area contributed by atoms with Crippen LogP contribution in [0.1, 0.15) is 31.1 Å². The highest BCUT2D eigenvalue weighted by atomic mass is 127. The molecule has 0 aromatic heterocycles. The summed E-state index contributed by atoms with van der Waals surface area (Å²) in [4.78, 5) is 14.0. The predicted octanol–water partition coefficient (Wildman–Crippen LogP) is 4.38. The molecule has 2 N–H and O–H groups in total. The highest BCUT2D eigenvalue weighted by Gasteiger charge is 2.42. The number of aryl methyl sites for hydroxylation is 1. The molecule has 1 aliphatic heterocycles. The first-order valence-electron chi connectivity index (χ1n) is 8.50. The molecule has 2 atom stereocenters. The molecule has 1 aliphatic rings. The molecule has 3 rings (SSSR count). The van der Waals surface area contributed by atoms with E-state index in [1.807, 2.05) is 69.3 Å². The van der Waals surface area contributed by atoms with E-state index in [1.165, 1.54) is 0 Å². The van der Waals surface area contributed by atoms with Crippen LogP contribution in [0.2, 0.25) is 0 Å². The Morgan fingerprint density at radius 3 is 2.54 bits per heavy atom. The van der Waals surface area contributed by atoms with E-state index in [2.05, 4.69) is 22.6 Å². The SMILES string of the molecule is Cc1ccc(N(C(N)=O)[C@H]2COC(C)(C)O[C@H]2c2ccccc2)c(I)c1. The van der Waals surface area contributed by atoms with Crippen molar-refractivity contribution in [2.24, 2.45) is 5.73 Å². The Kier molecular flexibility index (Phi) is 5.55. The molecule has 1 heterocycles. The standard InChI is InChI=1S/C20H23IN2O3/c1-13-9-10-16(15(21)11-13)23(19(22)24)17-12-25-20(2,3)26-18(17)14-7-5-4-6-8-14/h4-11,17-18H,12H2,1-3H3,(H2,22,24)/t17-,18-/m0/s1. The fourth-order valence-corrected chi connectivity index (χ4v) is 4.13. The van der Waals surface area contributed by atoms with E-state index in [0.717, 1.165) is 20.4 Å². The summed E-state index contributed by atoms with van der Waals surface area (Å²) >= 11 is 2.23. The van der Waals surface area contributed by atoms with Gasteiger partial charge in [0.05, 0.1) is 18.3 Å². The van der Waals surface area contributed by atoms with Gasteiger partial charge >= 0.3 is 6.03 Å². The number of ether oxygens (including phenoxy) is 2. The minimum atomic E-state index is -0.735. The first kappa shape index (κ1) is 19.1. The third-order valence-electron chi connectivity index (χ3n) is 4.42. The van der Waals surface area contributed by atoms with E-state index >= 15 is 0 Å². The third kappa shape index (κ3) is 4.02. The lowest BCUT2D eigenvalue weighted by atomic mass is 9.98. The van der Waals surface area contributed by atoms with E-state index in [4.69, 9.17) is 15.2 Å². The van der Waals surface area contributed by atoms with Gasteiger partial charge in [-0.05, 0) is 66.6 Å². The molecule has 26 heavy (non-hydrogen) atoms. The molecule has 0 aliphatic carbocycles. The van der Waals surface area contributed by atoms with E-state index < -0.39 is 11.8 Å². The van der Waals surface area contributed by atoms with Crippen LogP contribution in [0.25, 0.3) is 0 Å². The average Bonchev–Trinajstić information content (AvgIpc) is 2.58. The van der Waals surface area contributed by atoms with Crippen molar-refractivity contribution >= 4 is 34.3 Å². The van der Waals surface area contributed by atoms with Gasteiger partial charge in [-0.25, -0.2) is 4.79 Å². The maximum Gasteiger partial charge on any atom is 0.319 e. The van der Waals surface area contributed by atoms with Crippen LogP contribution in [0.15, 0.2) is 48.5 Å². The molecular formula is C20H23IN2O3. The zero-order valence-electron chi connectivity index (χ0n) is 15.1. The first-order valence-corrected chi connectivity index (χ1v) is 9.58. The molecule has 2 aromatic rings. The Hall–Kier alpha value is -1.64. The highest BCUT2D eigenvalue weighted by molar-refractivity contribution is 14.1. The number of anilines is 1. The van der Waals surface area contributed by atoms with Gasteiger partial charge in [0.1, 0.15) is 6.10 Å². The van der Waals surface area contributed by atoms with Crippen molar-refractivity contribution in [3.8, 4) is 0 Å². The van der Waals surface area contributed by atoms with Crippen molar-refractivity contribution < 1.29 is 14.3 Å². The van der Waals surface area contributed by atoms with Crippen LogP contribution in [0, 0.1) is 10.5 Å². The zero-order valence-corrected chi connectivity index (χ0v) is 17.3. The van der Waals surface area contributed by atoms with Gasteiger partial charge in [0.2, 0.25) is 0 Å². The summed E-state index contributed by atoms with van der Waals surface area (Å²) in [6.45, 7) is 6.11. The lowest BCUT2D eigenvalue weighted by molar-refractivity contribution is -0.281. The maximum atomic E-state index is 12.4. The van der Waals surface area contributed by atoms with Crippen LogP contribution in [0.3, 0.4) is 0 Å². The molecule has 1 fully saturated rings. The molecule has 2 amide bonds. The minimum Gasteiger partial charge on any atom is -0.351 e. The average molecular weight is 466 g/mol. The predicted molar refractivity (Wildman–Crippen MR) is 110 cm³/mol. The fraction of sp³-hybridized carbons (Fsp3) is 0.350. The van der Waals surface area contributed by atoms with E-state index in [1.54, 1.807) is 4.90 Å². The zero-order chi connectivity index (χ0) is 18.9. The van der Waals surface area contributed by atoms with Gasteiger partial charge in [0.25, 0.3) is 0 Å². The number of hydrogen-bond acceptors (Lipinski definition) is 3. The Balaban J connectivity index is 2.05. The quantitative estimate of drug-likeness (QED) is 0.684. The number of halogens is 1. The number of primary amides is 1. The molecule has 2 aromatic carbocycles. The van der Waals surface area contributed by atoms with Crippen LogP contribution >= 0.6 is 22.6 Å². The highest BCUT2D eigenvalue weighted by Crippen LogP contribution is 2.38. The molecular weight excluding hydrogens is 443 g/mol. The molecule has 0 spiro atoms. The van der Waals surface area contributed by atoms with Gasteiger partial charge in [0.15, 0.2) is 5.79 Å². The van der Waals surface area contributed by atoms with Gasteiger partial charge in [-0.3, -0.25) is 4.90 Å². The molecule has 0 saturated carbocycles. The Morgan fingerprint density at radius 2 is 1.92 bits per heavy atom. The summed E-state index contributed by atoms with van der Waals surface area (Å²) in [5.74, 6) is -0.735. The number of nitrogens with zero attached hydrogens (tertiary/aromatic N) is 1. The summed E-state index contributed by atoms with van der Waals surface area (Å²) in [7, 11) is 0. The van der Waals surface area contributed by atoms with E-state index in [0.29, 0.717) is 6.61 Å². The fourth-order valence-electron chi connectivity index (χ4n) is 3.20. The molecule has 138 valence electrons. The first-order chi connectivity index (χ1) is 12.3. The minimum absolute atomic E-state index is 0.333. The lowest BCUT2D eigenvalue weighted by Crippen LogP contribution is -2.55. The Morgan fingerprint density at radius 1 is 1.23 bits per heavy atom. The number of nitrogens with two attached hydrogens (primary N) is 1. The van der Waals surface area contributed by atoms with E-state index in [9.17, 15) is 4.79 Å². The summed E-state index contributed by atoms with van der Waals surface area (Å²) in [6, 6.07) is 14.9. The Labute approximate surface area is 167 Å². The maximum absolute atomic E-state index is 12.4. The molecule has 0 radical (unpaired) electrons. The summed E-state index contributed by atoms with van der Waals surface area (Å²) < 4.78 is 13.0. The van der Waals surface area contributed by atoms with Gasteiger partial charge < -0.3 is 15.2 Å². The molecule has 0 bridgehead atoms. The summed E-state index contributed by atoms with van der Waals surface area (Å²) in [5.41, 5.74) is 8.66. The number of rotatable bonds is 3. The van der Waals surface area contributed by atoms with Crippen LogP contribution in [-0.4, -0.2) is 24.5 Å². The van der Waals surface area contributed by atoms with Crippen molar-refractivity contribution in [3.05, 3.63) is 63.2 Å². The molecule has 1 saturated heterocycles. The van der Waals surface area contributed by atoms with Crippen molar-refractivity contribution in [1.29, 1.82) is 0 Å². The van der Waals surface area contributed by atoms with Crippen molar-refractivity contribution in [2.75, 3.05) is 11.5 Å². The normalized spacial score (nSPS) is 22.0. The van der Waals surface area contributed by atoms with Gasteiger partial charge in [0, 0.05) is 3.57 Å². The van der Waals surface area contributed by atoms with Gasteiger partial charge in [-0.1, -0.05) is 36.4 Å².